The van der Waals surface area contributed by atoms with Gasteiger partial charge in [0.1, 0.15) is 0 Å². The molecule has 1 aliphatic carbocycles. The van der Waals surface area contributed by atoms with Crippen molar-refractivity contribution >= 4 is 11.3 Å². The molecule has 0 radical (unpaired) electrons. The van der Waals surface area contributed by atoms with Gasteiger partial charge in [0, 0.05) is 12.1 Å². The molecule has 0 atom stereocenters. The van der Waals surface area contributed by atoms with Gasteiger partial charge in [-0.05, 0) is 60.8 Å². The summed E-state index contributed by atoms with van der Waals surface area (Å²) in [4.78, 5) is 4.85. The first-order valence-electron chi connectivity index (χ1n) is 9.27. The highest BCUT2D eigenvalue weighted by atomic mass is 19.1. The van der Waals surface area contributed by atoms with E-state index in [1.54, 1.807) is 12.1 Å². The summed E-state index contributed by atoms with van der Waals surface area (Å²) in [5, 5.41) is 0. The molecule has 0 unspecified atom stereocenters. The Morgan fingerprint density at radius 2 is 2.00 bits per heavy atom. The maximum absolute atomic E-state index is 13.9. The number of nitrogens with zero attached hydrogens (tertiary/aromatic N) is 1. The molecule has 1 fully saturated rings. The zero-order chi connectivity index (χ0) is 16.9. The van der Waals surface area contributed by atoms with Crippen LogP contribution in [0.4, 0.5) is 4.39 Å². The van der Waals surface area contributed by atoms with E-state index in [9.17, 15) is 4.39 Å². The molecule has 0 aromatic heterocycles. The number of hydrogen-bond donors (Lipinski definition) is 0. The third-order valence-corrected chi connectivity index (χ3v) is 5.55. The number of hydrogen-bond acceptors (Lipinski definition) is 2. The van der Waals surface area contributed by atoms with Gasteiger partial charge in [-0.15, -0.1) is 0 Å². The Morgan fingerprint density at radius 1 is 1.21 bits per heavy atom. The van der Waals surface area contributed by atoms with E-state index in [-0.39, 0.29) is 5.82 Å². The van der Waals surface area contributed by atoms with Crippen molar-refractivity contribution in [1.82, 2.24) is 0 Å². The largest absolute Gasteiger partial charge is 0.494 e. The van der Waals surface area contributed by atoms with Crippen molar-refractivity contribution in [3.8, 4) is 5.75 Å². The molecule has 0 amide bonds. The standard InChI is InChI=1S/C21H28FNO/c1-3-4-15-5-7-16(8-6-15)20-11-9-18(14-23-20)17-10-12-21(24-2)19(22)13-17/h9-10,12-13,15-16H,3-8,11,14H2,1-2H3. The van der Waals surface area contributed by atoms with Crippen molar-refractivity contribution in [2.45, 2.75) is 51.9 Å². The fourth-order valence-corrected chi connectivity index (χ4v) is 4.11. The second-order valence-corrected chi connectivity index (χ2v) is 7.10. The monoisotopic (exact) mass is 329 g/mol. The molecule has 1 aliphatic heterocycles. The Morgan fingerprint density at radius 3 is 2.58 bits per heavy atom. The molecule has 1 heterocycles. The first-order valence-corrected chi connectivity index (χ1v) is 9.27. The van der Waals surface area contributed by atoms with E-state index in [0.717, 1.165) is 23.5 Å². The number of methoxy groups -OCH3 is 1. The number of dihydropyridines is 1. The summed E-state index contributed by atoms with van der Waals surface area (Å²) in [6.45, 7) is 2.96. The average molecular weight is 329 g/mol. The van der Waals surface area contributed by atoms with Crippen LogP contribution in [0.1, 0.15) is 57.4 Å². The van der Waals surface area contributed by atoms with Crippen molar-refractivity contribution in [3.63, 3.8) is 0 Å². The Labute approximate surface area is 144 Å². The van der Waals surface area contributed by atoms with E-state index in [1.165, 1.54) is 51.3 Å². The average Bonchev–Trinajstić information content (AvgIpc) is 2.63. The lowest BCUT2D eigenvalue weighted by Gasteiger charge is -2.30. The van der Waals surface area contributed by atoms with Gasteiger partial charge in [-0.25, -0.2) is 4.39 Å². The molecular formula is C21H28FNO. The van der Waals surface area contributed by atoms with Gasteiger partial charge in [0.15, 0.2) is 11.6 Å². The quantitative estimate of drug-likeness (QED) is 0.682. The van der Waals surface area contributed by atoms with Crippen molar-refractivity contribution in [1.29, 1.82) is 0 Å². The molecule has 0 spiro atoms. The molecule has 3 rings (SSSR count). The molecule has 3 heteroatoms. The summed E-state index contributed by atoms with van der Waals surface area (Å²) in [6.07, 6.45) is 11.2. The van der Waals surface area contributed by atoms with E-state index in [4.69, 9.17) is 9.73 Å². The first-order chi connectivity index (χ1) is 11.7. The normalized spacial score (nSPS) is 24.3. The molecule has 24 heavy (non-hydrogen) atoms. The van der Waals surface area contributed by atoms with Gasteiger partial charge >= 0.3 is 0 Å². The summed E-state index contributed by atoms with van der Waals surface area (Å²) in [7, 11) is 1.49. The zero-order valence-electron chi connectivity index (χ0n) is 14.9. The number of ether oxygens (including phenoxy) is 1. The van der Waals surface area contributed by atoms with Crippen LogP contribution in [0, 0.1) is 17.7 Å². The second-order valence-electron chi connectivity index (χ2n) is 7.10. The van der Waals surface area contributed by atoms with Crippen LogP contribution >= 0.6 is 0 Å². The summed E-state index contributed by atoms with van der Waals surface area (Å²) < 4.78 is 18.9. The Hall–Kier alpha value is -1.64. The van der Waals surface area contributed by atoms with E-state index in [2.05, 4.69) is 13.0 Å². The van der Waals surface area contributed by atoms with E-state index >= 15 is 0 Å². The minimum Gasteiger partial charge on any atom is -0.494 e. The number of benzene rings is 1. The van der Waals surface area contributed by atoms with Crippen LogP contribution in [0.5, 0.6) is 5.75 Å². The van der Waals surface area contributed by atoms with Gasteiger partial charge in [-0.3, -0.25) is 4.99 Å². The van der Waals surface area contributed by atoms with Gasteiger partial charge in [-0.1, -0.05) is 31.9 Å². The van der Waals surface area contributed by atoms with Gasteiger partial charge < -0.3 is 4.74 Å². The highest BCUT2D eigenvalue weighted by Crippen LogP contribution is 2.34. The zero-order valence-corrected chi connectivity index (χ0v) is 14.9. The van der Waals surface area contributed by atoms with E-state index in [0.29, 0.717) is 18.2 Å². The molecule has 0 bridgehead atoms. The van der Waals surface area contributed by atoms with Crippen molar-refractivity contribution in [3.05, 3.63) is 35.7 Å². The van der Waals surface area contributed by atoms with E-state index in [1.807, 2.05) is 6.07 Å². The third kappa shape index (κ3) is 3.88. The van der Waals surface area contributed by atoms with Gasteiger partial charge in [0.25, 0.3) is 0 Å². The predicted molar refractivity (Wildman–Crippen MR) is 98.2 cm³/mol. The van der Waals surface area contributed by atoms with Crippen LogP contribution in [-0.4, -0.2) is 19.4 Å². The molecule has 2 nitrogen and oxygen atoms in total. The molecule has 130 valence electrons. The maximum Gasteiger partial charge on any atom is 0.165 e. The van der Waals surface area contributed by atoms with Crippen LogP contribution in [0.2, 0.25) is 0 Å². The predicted octanol–water partition coefficient (Wildman–Crippen LogP) is 5.67. The van der Waals surface area contributed by atoms with Crippen LogP contribution in [-0.2, 0) is 0 Å². The Balaban J connectivity index is 1.59. The molecule has 1 saturated carbocycles. The summed E-state index contributed by atoms with van der Waals surface area (Å²) in [5.41, 5.74) is 3.41. The molecule has 1 aromatic rings. The van der Waals surface area contributed by atoms with E-state index < -0.39 is 0 Å². The SMILES string of the molecule is CCCC1CCC(C2=NCC(c3ccc(OC)c(F)c3)=CC2)CC1. The fraction of sp³-hybridized carbons (Fsp3) is 0.571. The fourth-order valence-electron chi connectivity index (χ4n) is 4.11. The number of halogens is 1. The molecule has 1 aromatic carbocycles. The van der Waals surface area contributed by atoms with Gasteiger partial charge in [0.2, 0.25) is 0 Å². The van der Waals surface area contributed by atoms with Gasteiger partial charge in [-0.2, -0.15) is 0 Å². The molecule has 0 N–H and O–H groups in total. The topological polar surface area (TPSA) is 21.6 Å². The summed E-state index contributed by atoms with van der Waals surface area (Å²) in [5.74, 6) is 1.59. The number of aliphatic imine (C=N–C) groups is 1. The first kappa shape index (κ1) is 17.2. The van der Waals surface area contributed by atoms with Crippen LogP contribution in [0.3, 0.4) is 0 Å². The highest BCUT2D eigenvalue weighted by molar-refractivity contribution is 5.92. The maximum atomic E-state index is 13.9. The number of rotatable bonds is 5. The summed E-state index contributed by atoms with van der Waals surface area (Å²) >= 11 is 0. The lowest BCUT2D eigenvalue weighted by atomic mass is 9.77. The molecule has 0 saturated heterocycles. The summed E-state index contributed by atoms with van der Waals surface area (Å²) in [6, 6.07) is 5.17. The molecule has 2 aliphatic rings. The molecular weight excluding hydrogens is 301 g/mol. The van der Waals surface area contributed by atoms with Crippen molar-refractivity contribution in [2.75, 3.05) is 13.7 Å². The van der Waals surface area contributed by atoms with Crippen molar-refractivity contribution < 1.29 is 9.13 Å². The Bertz CT molecular complexity index is 627. The number of allylic oxidation sites excluding steroid dienone is 1. The van der Waals surface area contributed by atoms with Crippen LogP contribution in [0.15, 0.2) is 29.3 Å². The van der Waals surface area contributed by atoms with Gasteiger partial charge in [0.05, 0.1) is 13.7 Å². The second kappa shape index (κ2) is 7.96. The minimum atomic E-state index is -0.306. The minimum absolute atomic E-state index is 0.295. The third-order valence-electron chi connectivity index (χ3n) is 5.55. The van der Waals surface area contributed by atoms with Crippen LogP contribution in [0.25, 0.3) is 5.57 Å². The highest BCUT2D eigenvalue weighted by Gasteiger charge is 2.25. The smallest absolute Gasteiger partial charge is 0.165 e. The Kier molecular flexibility index (Phi) is 5.70. The lowest BCUT2D eigenvalue weighted by molar-refractivity contribution is 0.303. The van der Waals surface area contributed by atoms with Crippen molar-refractivity contribution in [2.24, 2.45) is 16.8 Å². The van der Waals surface area contributed by atoms with Crippen LogP contribution < -0.4 is 4.74 Å². The lowest BCUT2D eigenvalue weighted by Crippen LogP contribution is -2.23.